The first-order chi connectivity index (χ1) is 15.8. The number of hydrogen-bond acceptors (Lipinski definition) is 7. The SMILES string of the molecule is CCc1nc(CSc2nnc(-c3cc(-c4ccccc4)nc4ccccc34)n2CC)no1. The first-order valence-electron chi connectivity index (χ1n) is 10.6. The first-order valence-corrected chi connectivity index (χ1v) is 11.6. The summed E-state index contributed by atoms with van der Waals surface area (Å²) in [4.78, 5) is 9.28. The molecule has 0 atom stereocenters. The van der Waals surface area contributed by atoms with Crippen molar-refractivity contribution < 1.29 is 4.52 Å². The second-order valence-electron chi connectivity index (χ2n) is 7.24. The summed E-state index contributed by atoms with van der Waals surface area (Å²) in [6.07, 6.45) is 0.728. The lowest BCUT2D eigenvalue weighted by molar-refractivity contribution is 0.378. The molecule has 0 aliphatic carbocycles. The molecule has 7 nitrogen and oxygen atoms in total. The fraction of sp³-hybridized carbons (Fsp3) is 0.208. The smallest absolute Gasteiger partial charge is 0.226 e. The second kappa shape index (κ2) is 8.92. The molecule has 0 fully saturated rings. The molecule has 5 aromatic rings. The highest BCUT2D eigenvalue weighted by Crippen LogP contribution is 2.33. The van der Waals surface area contributed by atoms with E-state index in [0.29, 0.717) is 17.5 Å². The monoisotopic (exact) mass is 442 g/mol. The average Bonchev–Trinajstić information content (AvgIpc) is 3.49. The van der Waals surface area contributed by atoms with Gasteiger partial charge in [-0.2, -0.15) is 4.98 Å². The van der Waals surface area contributed by atoms with Gasteiger partial charge in [-0.1, -0.05) is 72.4 Å². The van der Waals surface area contributed by atoms with Crippen LogP contribution in [0.25, 0.3) is 33.5 Å². The summed E-state index contributed by atoms with van der Waals surface area (Å²) < 4.78 is 7.34. The summed E-state index contributed by atoms with van der Waals surface area (Å²) in [5.74, 6) is 2.72. The highest BCUT2D eigenvalue weighted by molar-refractivity contribution is 7.98. The molecule has 0 saturated heterocycles. The van der Waals surface area contributed by atoms with E-state index in [-0.39, 0.29) is 0 Å². The Morgan fingerprint density at radius 1 is 0.938 bits per heavy atom. The van der Waals surface area contributed by atoms with Crippen LogP contribution in [0, 0.1) is 0 Å². The van der Waals surface area contributed by atoms with E-state index in [4.69, 9.17) is 9.51 Å². The molecule has 0 radical (unpaired) electrons. The van der Waals surface area contributed by atoms with E-state index in [1.54, 1.807) is 11.8 Å². The molecule has 0 amide bonds. The molecular weight excluding hydrogens is 420 g/mol. The van der Waals surface area contributed by atoms with Gasteiger partial charge in [-0.3, -0.25) is 0 Å². The molecule has 160 valence electrons. The van der Waals surface area contributed by atoms with Crippen LogP contribution in [0.4, 0.5) is 0 Å². The maximum absolute atomic E-state index is 5.21. The van der Waals surface area contributed by atoms with E-state index < -0.39 is 0 Å². The zero-order chi connectivity index (χ0) is 21.9. The van der Waals surface area contributed by atoms with Crippen LogP contribution in [0.5, 0.6) is 0 Å². The lowest BCUT2D eigenvalue weighted by atomic mass is 10.0. The van der Waals surface area contributed by atoms with Crippen molar-refractivity contribution in [1.82, 2.24) is 29.9 Å². The van der Waals surface area contributed by atoms with Crippen LogP contribution in [0.1, 0.15) is 25.6 Å². The van der Waals surface area contributed by atoms with Gasteiger partial charge in [0.1, 0.15) is 0 Å². The minimum absolute atomic E-state index is 0.577. The number of fused-ring (bicyclic) bond motifs is 1. The number of aromatic nitrogens is 6. The van der Waals surface area contributed by atoms with E-state index in [1.807, 2.05) is 43.3 Å². The largest absolute Gasteiger partial charge is 0.339 e. The van der Waals surface area contributed by atoms with E-state index in [9.17, 15) is 0 Å². The van der Waals surface area contributed by atoms with E-state index in [2.05, 4.69) is 56.1 Å². The van der Waals surface area contributed by atoms with Crippen molar-refractivity contribution in [3.63, 3.8) is 0 Å². The van der Waals surface area contributed by atoms with Crippen LogP contribution in [-0.2, 0) is 18.7 Å². The number of rotatable bonds is 7. The normalized spacial score (nSPS) is 11.3. The van der Waals surface area contributed by atoms with Gasteiger partial charge >= 0.3 is 0 Å². The van der Waals surface area contributed by atoms with Crippen molar-refractivity contribution >= 4 is 22.7 Å². The molecule has 3 aromatic heterocycles. The van der Waals surface area contributed by atoms with Crippen LogP contribution < -0.4 is 0 Å². The molecule has 32 heavy (non-hydrogen) atoms. The quantitative estimate of drug-likeness (QED) is 0.311. The molecular formula is C24H22N6OS. The standard InChI is InChI=1S/C24H22N6OS/c1-3-22-26-21(29-31-22)15-32-24-28-27-23(30(24)4-2)18-14-20(16-10-6-5-7-11-16)25-19-13-9-8-12-17(18)19/h5-14H,3-4,15H2,1-2H3. The van der Waals surface area contributed by atoms with Crippen molar-refractivity contribution in [1.29, 1.82) is 0 Å². The fourth-order valence-corrected chi connectivity index (χ4v) is 4.46. The predicted octanol–water partition coefficient (Wildman–Crippen LogP) is 5.42. The third-order valence-electron chi connectivity index (χ3n) is 5.20. The first kappa shape index (κ1) is 20.4. The molecule has 0 saturated carbocycles. The molecule has 0 aliphatic heterocycles. The van der Waals surface area contributed by atoms with Crippen LogP contribution >= 0.6 is 11.8 Å². The van der Waals surface area contributed by atoms with Gasteiger partial charge < -0.3 is 9.09 Å². The molecule has 8 heteroatoms. The van der Waals surface area contributed by atoms with Crippen LogP contribution in [0.2, 0.25) is 0 Å². The Labute approximate surface area is 189 Å². The van der Waals surface area contributed by atoms with Gasteiger partial charge in [-0.05, 0) is 19.1 Å². The Balaban J connectivity index is 1.56. The van der Waals surface area contributed by atoms with Crippen LogP contribution in [0.3, 0.4) is 0 Å². The third kappa shape index (κ3) is 3.89. The van der Waals surface area contributed by atoms with Gasteiger partial charge in [0.15, 0.2) is 16.8 Å². The summed E-state index contributed by atoms with van der Waals surface area (Å²) in [5, 5.41) is 15.0. The highest BCUT2D eigenvalue weighted by Gasteiger charge is 2.18. The van der Waals surface area contributed by atoms with Gasteiger partial charge in [-0.15, -0.1) is 10.2 Å². The number of pyridine rings is 1. The molecule has 3 heterocycles. The van der Waals surface area contributed by atoms with Crippen molar-refractivity contribution in [3.05, 3.63) is 72.4 Å². The van der Waals surface area contributed by atoms with Crippen molar-refractivity contribution in [3.8, 4) is 22.6 Å². The van der Waals surface area contributed by atoms with E-state index in [0.717, 1.165) is 51.7 Å². The number of nitrogens with zero attached hydrogens (tertiary/aromatic N) is 6. The van der Waals surface area contributed by atoms with Crippen molar-refractivity contribution in [2.45, 2.75) is 37.7 Å². The summed E-state index contributed by atoms with van der Waals surface area (Å²) >= 11 is 1.56. The van der Waals surface area contributed by atoms with E-state index >= 15 is 0 Å². The van der Waals surface area contributed by atoms with Gasteiger partial charge in [0.05, 0.1) is 17.0 Å². The van der Waals surface area contributed by atoms with Gasteiger partial charge in [0.25, 0.3) is 0 Å². The number of hydrogen-bond donors (Lipinski definition) is 0. The van der Waals surface area contributed by atoms with E-state index in [1.165, 1.54) is 0 Å². The summed E-state index contributed by atoms with van der Waals surface area (Å²) in [7, 11) is 0. The molecule has 0 bridgehead atoms. The van der Waals surface area contributed by atoms with Crippen molar-refractivity contribution in [2.75, 3.05) is 0 Å². The Morgan fingerprint density at radius 3 is 2.53 bits per heavy atom. The molecule has 0 spiro atoms. The minimum Gasteiger partial charge on any atom is -0.339 e. The summed E-state index contributed by atoms with van der Waals surface area (Å²) in [6.45, 7) is 4.84. The third-order valence-corrected chi connectivity index (χ3v) is 6.17. The lowest BCUT2D eigenvalue weighted by Crippen LogP contribution is -2.01. The molecule has 0 N–H and O–H groups in total. The Kier molecular flexibility index (Phi) is 5.68. The minimum atomic E-state index is 0.577. The maximum Gasteiger partial charge on any atom is 0.226 e. The van der Waals surface area contributed by atoms with Crippen molar-refractivity contribution in [2.24, 2.45) is 0 Å². The second-order valence-corrected chi connectivity index (χ2v) is 8.18. The predicted molar refractivity (Wildman–Crippen MR) is 125 cm³/mol. The fourth-order valence-electron chi connectivity index (χ4n) is 3.62. The van der Waals surface area contributed by atoms with Crippen LogP contribution in [-0.4, -0.2) is 29.9 Å². The number of thioether (sulfide) groups is 1. The summed E-state index contributed by atoms with van der Waals surface area (Å²) in [5.41, 5.74) is 3.93. The zero-order valence-electron chi connectivity index (χ0n) is 17.9. The molecule has 5 rings (SSSR count). The maximum atomic E-state index is 5.21. The van der Waals surface area contributed by atoms with Gasteiger partial charge in [0.2, 0.25) is 5.89 Å². The Morgan fingerprint density at radius 2 is 1.75 bits per heavy atom. The van der Waals surface area contributed by atoms with Crippen LogP contribution in [0.15, 0.2) is 70.3 Å². The molecule has 2 aromatic carbocycles. The number of para-hydroxylation sites is 1. The Bertz CT molecular complexity index is 1360. The topological polar surface area (TPSA) is 82.5 Å². The number of benzene rings is 2. The van der Waals surface area contributed by atoms with Gasteiger partial charge in [0, 0.05) is 29.5 Å². The Hall–Kier alpha value is -3.52. The van der Waals surface area contributed by atoms with Gasteiger partial charge in [-0.25, -0.2) is 4.98 Å². The molecule has 0 unspecified atom stereocenters. The number of aryl methyl sites for hydroxylation is 1. The lowest BCUT2D eigenvalue weighted by Gasteiger charge is -2.11. The molecule has 0 aliphatic rings. The summed E-state index contributed by atoms with van der Waals surface area (Å²) in [6, 6.07) is 20.5. The highest BCUT2D eigenvalue weighted by atomic mass is 32.2. The zero-order valence-corrected chi connectivity index (χ0v) is 18.7. The average molecular weight is 443 g/mol.